The number of nitrogens with zero attached hydrogens (tertiary/aromatic N) is 3. The largest absolute Gasteiger partial charge is 0.341 e. The van der Waals surface area contributed by atoms with E-state index in [0.717, 1.165) is 24.4 Å². The van der Waals surface area contributed by atoms with Crippen molar-refractivity contribution >= 4 is 11.6 Å². The summed E-state index contributed by atoms with van der Waals surface area (Å²) in [6.45, 7) is 2.05. The van der Waals surface area contributed by atoms with Gasteiger partial charge in [-0.25, -0.2) is 4.98 Å². The molecule has 25 heavy (non-hydrogen) atoms. The molecule has 1 aliphatic rings. The third-order valence-electron chi connectivity index (χ3n) is 5.07. The molecule has 2 aromatic heterocycles. The van der Waals surface area contributed by atoms with Gasteiger partial charge in [0, 0.05) is 31.4 Å². The van der Waals surface area contributed by atoms with E-state index in [2.05, 4.69) is 17.1 Å². The van der Waals surface area contributed by atoms with Gasteiger partial charge in [0.1, 0.15) is 5.65 Å². The number of likely N-dealkylation sites (tertiary alicyclic amines) is 1. The quantitative estimate of drug-likeness (QED) is 0.794. The molecule has 3 aromatic rings. The Labute approximate surface area is 147 Å². The summed E-state index contributed by atoms with van der Waals surface area (Å²) in [5.41, 5.74) is 8.92. The van der Waals surface area contributed by atoms with Crippen LogP contribution in [0.15, 0.2) is 60.9 Å². The third-order valence-corrected chi connectivity index (χ3v) is 5.07. The monoisotopic (exact) mass is 334 g/mol. The molecular weight excluding hydrogens is 312 g/mol. The van der Waals surface area contributed by atoms with E-state index in [1.165, 1.54) is 5.56 Å². The predicted octanol–water partition coefficient (Wildman–Crippen LogP) is 2.08. The SMILES string of the molecule is NC[C@@H]1CN(C(=O)Cc2cn3ccccc3n2)C[C@H]1c1ccccc1. The van der Waals surface area contributed by atoms with Crippen LogP contribution in [0.2, 0.25) is 0 Å². The Kier molecular flexibility index (Phi) is 4.24. The number of nitrogens with two attached hydrogens (primary N) is 1. The minimum Gasteiger partial charge on any atom is -0.341 e. The minimum absolute atomic E-state index is 0.125. The number of amides is 1. The molecule has 1 aliphatic heterocycles. The molecular formula is C20H22N4O. The van der Waals surface area contributed by atoms with Crippen LogP contribution in [0.1, 0.15) is 17.2 Å². The molecule has 0 spiro atoms. The molecule has 4 rings (SSSR count). The zero-order valence-corrected chi connectivity index (χ0v) is 14.1. The average molecular weight is 334 g/mol. The molecule has 1 saturated heterocycles. The minimum atomic E-state index is 0.125. The Morgan fingerprint density at radius 2 is 1.92 bits per heavy atom. The van der Waals surface area contributed by atoms with E-state index in [0.29, 0.717) is 24.8 Å². The molecule has 1 aromatic carbocycles. The second-order valence-corrected chi connectivity index (χ2v) is 6.69. The maximum Gasteiger partial charge on any atom is 0.228 e. The Morgan fingerprint density at radius 3 is 2.68 bits per heavy atom. The molecule has 5 nitrogen and oxygen atoms in total. The number of pyridine rings is 1. The number of hydrogen-bond donors (Lipinski definition) is 1. The van der Waals surface area contributed by atoms with Crippen molar-refractivity contribution in [1.82, 2.24) is 14.3 Å². The molecule has 0 bridgehead atoms. The molecule has 128 valence electrons. The van der Waals surface area contributed by atoms with E-state index in [9.17, 15) is 4.79 Å². The lowest BCUT2D eigenvalue weighted by atomic mass is 9.89. The highest BCUT2D eigenvalue weighted by atomic mass is 16.2. The lowest BCUT2D eigenvalue weighted by Gasteiger charge is -2.16. The van der Waals surface area contributed by atoms with E-state index in [-0.39, 0.29) is 5.91 Å². The fourth-order valence-electron chi connectivity index (χ4n) is 3.73. The fraction of sp³-hybridized carbons (Fsp3) is 0.300. The molecule has 3 heterocycles. The van der Waals surface area contributed by atoms with Crippen molar-refractivity contribution in [2.45, 2.75) is 12.3 Å². The second kappa shape index (κ2) is 6.69. The highest BCUT2D eigenvalue weighted by molar-refractivity contribution is 5.79. The van der Waals surface area contributed by atoms with Crippen molar-refractivity contribution in [2.24, 2.45) is 11.7 Å². The molecule has 1 fully saturated rings. The number of rotatable bonds is 4. The van der Waals surface area contributed by atoms with Gasteiger partial charge < -0.3 is 15.0 Å². The van der Waals surface area contributed by atoms with Gasteiger partial charge in [-0.15, -0.1) is 0 Å². The maximum atomic E-state index is 12.8. The van der Waals surface area contributed by atoms with Crippen molar-refractivity contribution < 1.29 is 4.79 Å². The summed E-state index contributed by atoms with van der Waals surface area (Å²) in [6, 6.07) is 16.2. The first kappa shape index (κ1) is 15.8. The number of carbonyl (C=O) groups is 1. The van der Waals surface area contributed by atoms with Crippen molar-refractivity contribution in [3.8, 4) is 0 Å². The van der Waals surface area contributed by atoms with Crippen LogP contribution in [-0.4, -0.2) is 39.8 Å². The van der Waals surface area contributed by atoms with Gasteiger partial charge in [0.15, 0.2) is 0 Å². The number of fused-ring (bicyclic) bond motifs is 1. The highest BCUT2D eigenvalue weighted by Crippen LogP contribution is 2.32. The Hall–Kier alpha value is -2.66. The van der Waals surface area contributed by atoms with Crippen LogP contribution in [-0.2, 0) is 11.2 Å². The number of benzene rings is 1. The van der Waals surface area contributed by atoms with Crippen molar-refractivity contribution in [3.63, 3.8) is 0 Å². The summed E-state index contributed by atoms with van der Waals surface area (Å²) < 4.78 is 1.95. The summed E-state index contributed by atoms with van der Waals surface area (Å²) in [5.74, 6) is 0.754. The summed E-state index contributed by atoms with van der Waals surface area (Å²) >= 11 is 0. The average Bonchev–Trinajstić information content (AvgIpc) is 3.25. The first-order chi connectivity index (χ1) is 12.2. The zero-order chi connectivity index (χ0) is 17.2. The van der Waals surface area contributed by atoms with Crippen LogP contribution in [0, 0.1) is 5.92 Å². The number of aromatic nitrogens is 2. The normalized spacial score (nSPS) is 20.3. The zero-order valence-electron chi connectivity index (χ0n) is 14.1. The van der Waals surface area contributed by atoms with E-state index >= 15 is 0 Å². The van der Waals surface area contributed by atoms with Gasteiger partial charge in [0.05, 0.1) is 12.1 Å². The first-order valence-electron chi connectivity index (χ1n) is 8.70. The molecule has 0 aliphatic carbocycles. The van der Waals surface area contributed by atoms with E-state index in [1.54, 1.807) is 0 Å². The third kappa shape index (κ3) is 3.15. The number of imidazole rings is 1. The Morgan fingerprint density at radius 1 is 1.12 bits per heavy atom. The van der Waals surface area contributed by atoms with E-state index in [4.69, 9.17) is 5.73 Å². The summed E-state index contributed by atoms with van der Waals surface area (Å²) in [4.78, 5) is 19.2. The van der Waals surface area contributed by atoms with Crippen LogP contribution in [0.4, 0.5) is 0 Å². The molecule has 2 N–H and O–H groups in total. The maximum absolute atomic E-state index is 12.8. The van der Waals surface area contributed by atoms with Gasteiger partial charge in [-0.05, 0) is 30.2 Å². The molecule has 1 amide bonds. The van der Waals surface area contributed by atoms with Crippen molar-refractivity contribution in [1.29, 1.82) is 0 Å². The topological polar surface area (TPSA) is 63.6 Å². The molecule has 0 saturated carbocycles. The van der Waals surface area contributed by atoms with Crippen LogP contribution in [0.5, 0.6) is 0 Å². The lowest BCUT2D eigenvalue weighted by molar-refractivity contribution is -0.129. The van der Waals surface area contributed by atoms with Crippen LogP contribution in [0.25, 0.3) is 5.65 Å². The van der Waals surface area contributed by atoms with Gasteiger partial charge in [-0.1, -0.05) is 36.4 Å². The summed E-state index contributed by atoms with van der Waals surface area (Å²) in [5, 5.41) is 0. The Balaban J connectivity index is 1.49. The van der Waals surface area contributed by atoms with Crippen LogP contribution >= 0.6 is 0 Å². The summed E-state index contributed by atoms with van der Waals surface area (Å²) in [6.07, 6.45) is 4.21. The molecule has 0 radical (unpaired) electrons. The van der Waals surface area contributed by atoms with Crippen LogP contribution in [0.3, 0.4) is 0 Å². The van der Waals surface area contributed by atoms with Gasteiger partial charge in [-0.2, -0.15) is 0 Å². The van der Waals surface area contributed by atoms with Crippen LogP contribution < -0.4 is 5.73 Å². The van der Waals surface area contributed by atoms with Crippen molar-refractivity contribution in [3.05, 3.63) is 72.2 Å². The smallest absolute Gasteiger partial charge is 0.228 e. The number of carbonyl (C=O) groups excluding carboxylic acids is 1. The Bertz CT molecular complexity index is 841. The van der Waals surface area contributed by atoms with Gasteiger partial charge >= 0.3 is 0 Å². The fourth-order valence-corrected chi connectivity index (χ4v) is 3.73. The number of hydrogen-bond acceptors (Lipinski definition) is 3. The predicted molar refractivity (Wildman–Crippen MR) is 97.2 cm³/mol. The molecule has 2 atom stereocenters. The molecule has 5 heteroatoms. The van der Waals surface area contributed by atoms with Gasteiger partial charge in [-0.3, -0.25) is 4.79 Å². The van der Waals surface area contributed by atoms with E-state index in [1.807, 2.05) is 58.1 Å². The highest BCUT2D eigenvalue weighted by Gasteiger charge is 2.35. The standard InChI is InChI=1S/C20H22N4O/c21-11-16-12-24(14-18(16)15-6-2-1-3-7-15)20(25)10-17-13-23-9-5-4-8-19(23)22-17/h1-9,13,16,18H,10-12,14,21H2/t16-,18+/m1/s1. The molecule has 0 unspecified atom stereocenters. The van der Waals surface area contributed by atoms with E-state index < -0.39 is 0 Å². The van der Waals surface area contributed by atoms with Crippen molar-refractivity contribution in [2.75, 3.05) is 19.6 Å². The second-order valence-electron chi connectivity index (χ2n) is 6.69. The lowest BCUT2D eigenvalue weighted by Crippen LogP contribution is -2.31. The summed E-state index contributed by atoms with van der Waals surface area (Å²) in [7, 11) is 0. The first-order valence-corrected chi connectivity index (χ1v) is 8.70. The van der Waals surface area contributed by atoms with Gasteiger partial charge in [0.25, 0.3) is 0 Å². The van der Waals surface area contributed by atoms with Gasteiger partial charge in [0.2, 0.25) is 5.91 Å².